The standard InChI is InChI=1S/C61H43NO/c1-4-17-41(18-5-1)42-31-34-47(35-32-42)62(56-29-14-12-26-50(56)44-19-6-2-7-20-44)48-36-38-53-55(40-48)52(51-28-16-24-43-21-10-11-25-49(43)51)37-33-46-39-58-61(54-27-13-15-30-57(54)63-58)60(59(46)53)45-22-8-3-9-23-45/h1-32,34-36,38-40,52H,33,37H2. The fourth-order valence-corrected chi connectivity index (χ4v) is 10.3. The first-order valence-corrected chi connectivity index (χ1v) is 22.0. The Labute approximate surface area is 368 Å². The molecule has 2 heteroatoms. The number of aryl methyl sites for hydroxylation is 1. The molecular formula is C61H43NO. The van der Waals surface area contributed by atoms with Crippen molar-refractivity contribution < 1.29 is 4.42 Å². The lowest BCUT2D eigenvalue weighted by molar-refractivity contribution is 0.667. The van der Waals surface area contributed by atoms with Gasteiger partial charge in [0.05, 0.1) is 5.69 Å². The van der Waals surface area contributed by atoms with Crippen LogP contribution in [0.5, 0.6) is 0 Å². The number of hydrogen-bond donors (Lipinski definition) is 0. The second kappa shape index (κ2) is 15.5. The molecule has 11 aromatic rings. The SMILES string of the molecule is c1ccc(-c2ccc(N(c3ccc4c(c3)C(c3cccc5ccccc35)CCc3cc5oc6ccccc6c5c(-c5ccccc5)c3-4)c3ccccc3-c3ccccc3)cc2)cc1. The van der Waals surface area contributed by atoms with E-state index in [1.165, 1.54) is 77.4 Å². The molecule has 298 valence electrons. The zero-order valence-corrected chi connectivity index (χ0v) is 34.8. The maximum atomic E-state index is 6.70. The Hall–Kier alpha value is -7.94. The van der Waals surface area contributed by atoms with Crippen LogP contribution in [0.2, 0.25) is 0 Å². The van der Waals surface area contributed by atoms with Gasteiger partial charge in [-0.25, -0.2) is 0 Å². The molecular weight excluding hydrogens is 763 g/mol. The van der Waals surface area contributed by atoms with Crippen molar-refractivity contribution >= 4 is 49.8 Å². The molecule has 2 nitrogen and oxygen atoms in total. The van der Waals surface area contributed by atoms with Gasteiger partial charge in [0.2, 0.25) is 0 Å². The van der Waals surface area contributed by atoms with E-state index in [4.69, 9.17) is 4.42 Å². The fraction of sp³-hybridized carbons (Fsp3) is 0.0492. The van der Waals surface area contributed by atoms with E-state index in [0.29, 0.717) is 0 Å². The molecule has 0 saturated carbocycles. The van der Waals surface area contributed by atoms with Crippen LogP contribution in [0.4, 0.5) is 17.1 Å². The molecule has 0 bridgehead atoms. The Balaban J connectivity index is 1.15. The van der Waals surface area contributed by atoms with Crippen molar-refractivity contribution in [3.8, 4) is 44.5 Å². The number of hydrogen-bond acceptors (Lipinski definition) is 2. The lowest BCUT2D eigenvalue weighted by Crippen LogP contribution is -2.13. The van der Waals surface area contributed by atoms with Crippen LogP contribution in [0.3, 0.4) is 0 Å². The van der Waals surface area contributed by atoms with Crippen molar-refractivity contribution in [1.29, 1.82) is 0 Å². The summed E-state index contributed by atoms with van der Waals surface area (Å²) in [4.78, 5) is 2.47. The van der Waals surface area contributed by atoms with Crippen LogP contribution in [0, 0.1) is 0 Å². The Morgan fingerprint density at radius 1 is 0.397 bits per heavy atom. The molecule has 0 amide bonds. The quantitative estimate of drug-likeness (QED) is 0.160. The van der Waals surface area contributed by atoms with Crippen LogP contribution in [-0.2, 0) is 6.42 Å². The zero-order chi connectivity index (χ0) is 41.7. The Kier molecular flexibility index (Phi) is 9.08. The molecule has 0 saturated heterocycles. The normalized spacial score (nSPS) is 13.4. The molecule has 0 radical (unpaired) electrons. The summed E-state index contributed by atoms with van der Waals surface area (Å²) in [6, 6.07) is 84.2. The monoisotopic (exact) mass is 805 g/mol. The number of nitrogens with zero attached hydrogens (tertiary/aromatic N) is 1. The van der Waals surface area contributed by atoms with Crippen molar-refractivity contribution in [3.05, 3.63) is 247 Å². The zero-order valence-electron chi connectivity index (χ0n) is 34.8. The van der Waals surface area contributed by atoms with Crippen LogP contribution in [-0.4, -0.2) is 0 Å². The molecule has 1 atom stereocenters. The predicted octanol–water partition coefficient (Wildman–Crippen LogP) is 17.0. The highest BCUT2D eigenvalue weighted by atomic mass is 16.3. The second-order valence-corrected chi connectivity index (χ2v) is 16.7. The van der Waals surface area contributed by atoms with Gasteiger partial charge < -0.3 is 9.32 Å². The third-order valence-electron chi connectivity index (χ3n) is 13.1. The average molecular weight is 806 g/mol. The number of para-hydroxylation sites is 2. The highest BCUT2D eigenvalue weighted by molar-refractivity contribution is 6.17. The summed E-state index contributed by atoms with van der Waals surface area (Å²) in [6.45, 7) is 0. The topological polar surface area (TPSA) is 16.4 Å². The van der Waals surface area contributed by atoms with E-state index in [9.17, 15) is 0 Å². The van der Waals surface area contributed by atoms with Crippen molar-refractivity contribution in [2.24, 2.45) is 0 Å². The summed E-state index contributed by atoms with van der Waals surface area (Å²) in [5, 5.41) is 4.88. The largest absolute Gasteiger partial charge is 0.456 e. The van der Waals surface area contributed by atoms with Crippen LogP contribution in [0.25, 0.3) is 77.2 Å². The van der Waals surface area contributed by atoms with E-state index < -0.39 is 0 Å². The molecule has 1 aromatic heterocycles. The highest BCUT2D eigenvalue weighted by Gasteiger charge is 2.31. The number of benzene rings is 10. The number of anilines is 3. The van der Waals surface area contributed by atoms with Gasteiger partial charge in [0.1, 0.15) is 11.2 Å². The first-order valence-electron chi connectivity index (χ1n) is 22.0. The van der Waals surface area contributed by atoms with Gasteiger partial charge in [-0.15, -0.1) is 0 Å². The van der Waals surface area contributed by atoms with Crippen LogP contribution < -0.4 is 4.90 Å². The van der Waals surface area contributed by atoms with Gasteiger partial charge in [-0.3, -0.25) is 0 Å². The van der Waals surface area contributed by atoms with Gasteiger partial charge in [-0.1, -0.05) is 188 Å². The van der Waals surface area contributed by atoms with Gasteiger partial charge in [0, 0.05) is 39.2 Å². The Morgan fingerprint density at radius 3 is 1.81 bits per heavy atom. The van der Waals surface area contributed by atoms with Crippen LogP contribution >= 0.6 is 0 Å². The van der Waals surface area contributed by atoms with Crippen molar-refractivity contribution in [2.75, 3.05) is 4.90 Å². The van der Waals surface area contributed by atoms with Gasteiger partial charge >= 0.3 is 0 Å². The minimum atomic E-state index is 0.122. The van der Waals surface area contributed by atoms with Gasteiger partial charge in [-0.05, 0) is 116 Å². The number of furan rings is 1. The maximum absolute atomic E-state index is 6.70. The number of fused-ring (bicyclic) bond motifs is 7. The maximum Gasteiger partial charge on any atom is 0.136 e. The Bertz CT molecular complexity index is 3440. The van der Waals surface area contributed by atoms with E-state index in [2.05, 4.69) is 235 Å². The fourth-order valence-electron chi connectivity index (χ4n) is 10.3. The third kappa shape index (κ3) is 6.42. The van der Waals surface area contributed by atoms with Crippen molar-refractivity contribution in [2.45, 2.75) is 18.8 Å². The Morgan fingerprint density at radius 2 is 1.02 bits per heavy atom. The molecule has 1 heterocycles. The molecule has 0 fully saturated rings. The lowest BCUT2D eigenvalue weighted by atomic mass is 9.82. The summed E-state index contributed by atoms with van der Waals surface area (Å²) in [5.41, 5.74) is 19.0. The van der Waals surface area contributed by atoms with E-state index in [-0.39, 0.29) is 5.92 Å². The van der Waals surface area contributed by atoms with Crippen LogP contribution in [0.15, 0.2) is 235 Å². The van der Waals surface area contributed by atoms with Crippen molar-refractivity contribution in [3.63, 3.8) is 0 Å². The molecule has 10 aromatic carbocycles. The summed E-state index contributed by atoms with van der Waals surface area (Å²) in [7, 11) is 0. The summed E-state index contributed by atoms with van der Waals surface area (Å²) in [5.74, 6) is 0.122. The minimum Gasteiger partial charge on any atom is -0.456 e. The molecule has 1 unspecified atom stereocenters. The number of rotatable bonds is 7. The summed E-state index contributed by atoms with van der Waals surface area (Å²) in [6.07, 6.45) is 1.85. The molecule has 0 aliphatic heterocycles. The summed E-state index contributed by atoms with van der Waals surface area (Å²) >= 11 is 0. The van der Waals surface area contributed by atoms with Gasteiger partial charge in [0.25, 0.3) is 0 Å². The summed E-state index contributed by atoms with van der Waals surface area (Å²) < 4.78 is 6.70. The van der Waals surface area contributed by atoms with E-state index in [1.54, 1.807) is 0 Å². The molecule has 1 aliphatic rings. The van der Waals surface area contributed by atoms with Crippen molar-refractivity contribution in [1.82, 2.24) is 0 Å². The van der Waals surface area contributed by atoms with E-state index in [0.717, 1.165) is 46.5 Å². The molecule has 0 N–H and O–H groups in total. The van der Waals surface area contributed by atoms with Gasteiger partial charge in [-0.2, -0.15) is 0 Å². The first-order chi connectivity index (χ1) is 31.3. The smallest absolute Gasteiger partial charge is 0.136 e. The molecule has 63 heavy (non-hydrogen) atoms. The second-order valence-electron chi connectivity index (χ2n) is 16.7. The molecule has 1 aliphatic carbocycles. The predicted molar refractivity (Wildman–Crippen MR) is 264 cm³/mol. The van der Waals surface area contributed by atoms with E-state index >= 15 is 0 Å². The minimum absolute atomic E-state index is 0.122. The first kappa shape index (κ1) is 36.9. The lowest BCUT2D eigenvalue weighted by Gasteiger charge is -2.30. The third-order valence-corrected chi connectivity index (χ3v) is 13.1. The highest BCUT2D eigenvalue weighted by Crippen LogP contribution is 2.52. The molecule has 12 rings (SSSR count). The average Bonchev–Trinajstić information content (AvgIpc) is 3.65. The molecule has 0 spiro atoms. The van der Waals surface area contributed by atoms with Crippen LogP contribution in [0.1, 0.15) is 29.0 Å². The van der Waals surface area contributed by atoms with E-state index in [1.807, 2.05) is 0 Å². The van der Waals surface area contributed by atoms with Gasteiger partial charge in [0.15, 0.2) is 0 Å².